The average Bonchev–Trinajstić information content (AvgIpc) is 2.57. The molecule has 6 heteroatoms. The second kappa shape index (κ2) is 6.13. The molecule has 3 rings (SSSR count). The third-order valence-corrected chi connectivity index (χ3v) is 4.67. The lowest BCUT2D eigenvalue weighted by Gasteiger charge is -2.18. The Balaban J connectivity index is 2.42. The summed E-state index contributed by atoms with van der Waals surface area (Å²) in [5.74, 6) is -0.845. The maximum Gasteiger partial charge on any atom is 0.360 e. The summed E-state index contributed by atoms with van der Waals surface area (Å²) >= 11 is 0. The van der Waals surface area contributed by atoms with Gasteiger partial charge in [-0.3, -0.25) is 4.57 Å². The third-order valence-electron chi connectivity index (χ3n) is 3.70. The summed E-state index contributed by atoms with van der Waals surface area (Å²) in [7, 11) is -4.75. The highest BCUT2D eigenvalue weighted by atomic mass is 31.2. The van der Waals surface area contributed by atoms with Crippen LogP contribution in [0.1, 0.15) is 0 Å². The Hall–Kier alpha value is -2.59. The molecule has 3 aromatic rings. The smallest absolute Gasteiger partial charge is 0.360 e. The van der Waals surface area contributed by atoms with E-state index < -0.39 is 18.6 Å². The topological polar surface area (TPSA) is 98.0 Å². The maximum absolute atomic E-state index is 11.7. The van der Waals surface area contributed by atoms with E-state index in [1.54, 1.807) is 54.6 Å². The maximum atomic E-state index is 11.7. The van der Waals surface area contributed by atoms with Crippen LogP contribution in [0.15, 0.2) is 66.7 Å². The highest BCUT2D eigenvalue weighted by molar-refractivity contribution is 7.60. The standard InChI is InChI=1S/C18H15O5P/c19-14-11-15(24(21,22)23)18(20)17(13-9-5-2-6-10-13)16(14)12-7-3-1-4-8-12/h1-11,19-20H,(H2,21,22,23). The minimum absolute atomic E-state index is 0.181. The number of benzene rings is 3. The Bertz CT molecular complexity index is 917. The van der Waals surface area contributed by atoms with Crippen molar-refractivity contribution in [2.45, 2.75) is 0 Å². The second-order valence-electron chi connectivity index (χ2n) is 5.29. The van der Waals surface area contributed by atoms with Crippen LogP contribution in [0.2, 0.25) is 0 Å². The summed E-state index contributed by atoms with van der Waals surface area (Å²) in [5.41, 5.74) is 1.66. The molecule has 0 radical (unpaired) electrons. The minimum Gasteiger partial charge on any atom is -0.507 e. The molecular weight excluding hydrogens is 327 g/mol. The Morgan fingerprint density at radius 1 is 0.708 bits per heavy atom. The van der Waals surface area contributed by atoms with Gasteiger partial charge in [-0.1, -0.05) is 60.7 Å². The first kappa shape index (κ1) is 16.3. The zero-order valence-corrected chi connectivity index (χ0v) is 13.4. The molecule has 5 nitrogen and oxygen atoms in total. The zero-order chi connectivity index (χ0) is 17.3. The minimum atomic E-state index is -4.75. The SMILES string of the molecule is O=P(O)(O)c1cc(O)c(-c2ccccc2)c(-c2ccccc2)c1O. The molecule has 0 aromatic heterocycles. The number of hydrogen-bond donors (Lipinski definition) is 4. The van der Waals surface area contributed by atoms with Crippen LogP contribution in [-0.4, -0.2) is 20.0 Å². The van der Waals surface area contributed by atoms with E-state index in [0.717, 1.165) is 6.07 Å². The average molecular weight is 342 g/mol. The fourth-order valence-electron chi connectivity index (χ4n) is 2.65. The summed E-state index contributed by atoms with van der Waals surface area (Å²) < 4.78 is 11.7. The van der Waals surface area contributed by atoms with Crippen LogP contribution in [-0.2, 0) is 4.57 Å². The van der Waals surface area contributed by atoms with Crippen LogP contribution in [0.5, 0.6) is 11.5 Å². The molecule has 0 amide bonds. The molecule has 3 aromatic carbocycles. The summed E-state index contributed by atoms with van der Waals surface area (Å²) in [6.45, 7) is 0. The molecule has 0 heterocycles. The van der Waals surface area contributed by atoms with E-state index in [1.165, 1.54) is 0 Å². The number of rotatable bonds is 3. The first-order valence-corrected chi connectivity index (χ1v) is 8.76. The van der Waals surface area contributed by atoms with Crippen LogP contribution in [0.3, 0.4) is 0 Å². The fraction of sp³-hybridized carbons (Fsp3) is 0. The van der Waals surface area contributed by atoms with Gasteiger partial charge in [0, 0.05) is 11.1 Å². The monoisotopic (exact) mass is 342 g/mol. The van der Waals surface area contributed by atoms with Crippen molar-refractivity contribution in [2.75, 3.05) is 0 Å². The second-order valence-corrected chi connectivity index (χ2v) is 6.86. The quantitative estimate of drug-likeness (QED) is 0.433. The van der Waals surface area contributed by atoms with Crippen LogP contribution in [0, 0.1) is 0 Å². The van der Waals surface area contributed by atoms with Crippen molar-refractivity contribution >= 4 is 12.9 Å². The van der Waals surface area contributed by atoms with Gasteiger partial charge in [0.15, 0.2) is 0 Å². The molecule has 0 bridgehead atoms. The summed E-state index contributed by atoms with van der Waals surface area (Å²) in [6, 6.07) is 18.4. The van der Waals surface area contributed by atoms with E-state index in [-0.39, 0.29) is 11.3 Å². The van der Waals surface area contributed by atoms with Gasteiger partial charge < -0.3 is 20.0 Å². The van der Waals surface area contributed by atoms with Gasteiger partial charge in [0.25, 0.3) is 0 Å². The summed E-state index contributed by atoms with van der Waals surface area (Å²) in [5, 5.41) is 20.4. The number of phenols is 2. The number of hydrogen-bond acceptors (Lipinski definition) is 3. The first-order valence-electron chi connectivity index (χ1n) is 7.15. The van der Waals surface area contributed by atoms with Crippen LogP contribution < -0.4 is 5.30 Å². The lowest BCUT2D eigenvalue weighted by molar-refractivity contribution is 0.384. The van der Waals surface area contributed by atoms with Crippen molar-refractivity contribution in [1.82, 2.24) is 0 Å². The highest BCUT2D eigenvalue weighted by Gasteiger charge is 2.28. The van der Waals surface area contributed by atoms with Gasteiger partial charge >= 0.3 is 7.60 Å². The molecule has 0 saturated carbocycles. The number of phenolic OH excluding ortho intramolecular Hbond substituents is 2. The van der Waals surface area contributed by atoms with Crippen molar-refractivity contribution in [3.8, 4) is 33.8 Å². The molecule has 24 heavy (non-hydrogen) atoms. The van der Waals surface area contributed by atoms with Crippen molar-refractivity contribution in [2.24, 2.45) is 0 Å². The van der Waals surface area contributed by atoms with Gasteiger partial charge in [0.1, 0.15) is 16.8 Å². The molecule has 0 spiro atoms. The lowest BCUT2D eigenvalue weighted by Crippen LogP contribution is -2.07. The first-order chi connectivity index (χ1) is 11.4. The third kappa shape index (κ3) is 2.93. The van der Waals surface area contributed by atoms with Gasteiger partial charge in [0.2, 0.25) is 0 Å². The van der Waals surface area contributed by atoms with Crippen molar-refractivity contribution in [1.29, 1.82) is 0 Å². The van der Waals surface area contributed by atoms with E-state index in [4.69, 9.17) is 0 Å². The lowest BCUT2D eigenvalue weighted by atomic mass is 9.93. The Morgan fingerprint density at radius 2 is 1.17 bits per heavy atom. The van der Waals surface area contributed by atoms with Gasteiger partial charge in [-0.25, -0.2) is 0 Å². The summed E-state index contributed by atoms with van der Waals surface area (Å²) in [6.07, 6.45) is 0. The van der Waals surface area contributed by atoms with Gasteiger partial charge in [0.05, 0.1) is 0 Å². The Kier molecular flexibility index (Phi) is 4.16. The Morgan fingerprint density at radius 3 is 1.62 bits per heavy atom. The molecule has 0 aliphatic carbocycles. The van der Waals surface area contributed by atoms with E-state index in [9.17, 15) is 24.6 Å². The molecule has 0 atom stereocenters. The molecule has 122 valence electrons. The fourth-order valence-corrected chi connectivity index (χ4v) is 3.33. The van der Waals surface area contributed by atoms with Gasteiger partial charge in [-0.05, 0) is 17.2 Å². The molecule has 0 aliphatic heterocycles. The van der Waals surface area contributed by atoms with Gasteiger partial charge in [-0.2, -0.15) is 0 Å². The molecule has 0 saturated heterocycles. The van der Waals surface area contributed by atoms with Crippen LogP contribution in [0.4, 0.5) is 0 Å². The summed E-state index contributed by atoms with van der Waals surface area (Å²) in [4.78, 5) is 18.9. The van der Waals surface area contributed by atoms with Crippen LogP contribution >= 0.6 is 7.60 Å². The Labute approximate surface area is 138 Å². The highest BCUT2D eigenvalue weighted by Crippen LogP contribution is 2.48. The van der Waals surface area contributed by atoms with Crippen molar-refractivity contribution < 1.29 is 24.6 Å². The van der Waals surface area contributed by atoms with Crippen molar-refractivity contribution in [3.63, 3.8) is 0 Å². The largest absolute Gasteiger partial charge is 0.507 e. The van der Waals surface area contributed by atoms with E-state index in [0.29, 0.717) is 16.7 Å². The van der Waals surface area contributed by atoms with E-state index in [2.05, 4.69) is 0 Å². The van der Waals surface area contributed by atoms with E-state index >= 15 is 0 Å². The van der Waals surface area contributed by atoms with Crippen molar-refractivity contribution in [3.05, 3.63) is 66.7 Å². The predicted octanol–water partition coefficient (Wildman–Crippen LogP) is 3.23. The molecular formula is C18H15O5P. The predicted molar refractivity (Wildman–Crippen MR) is 92.3 cm³/mol. The zero-order valence-electron chi connectivity index (χ0n) is 12.5. The molecule has 4 N–H and O–H groups in total. The molecule has 0 fully saturated rings. The molecule has 0 unspecified atom stereocenters. The van der Waals surface area contributed by atoms with E-state index in [1.807, 2.05) is 6.07 Å². The van der Waals surface area contributed by atoms with Crippen LogP contribution in [0.25, 0.3) is 22.3 Å². The van der Waals surface area contributed by atoms with Gasteiger partial charge in [-0.15, -0.1) is 0 Å². The molecule has 0 aliphatic rings. The normalized spacial score (nSPS) is 11.4. The number of aromatic hydroxyl groups is 2.